The van der Waals surface area contributed by atoms with Crippen molar-refractivity contribution >= 4 is 39.0 Å². The maximum absolute atomic E-state index is 13.7. The van der Waals surface area contributed by atoms with E-state index in [9.17, 15) is 4.39 Å². The van der Waals surface area contributed by atoms with E-state index in [4.69, 9.17) is 11.6 Å². The molecule has 19 heavy (non-hydrogen) atoms. The predicted molar refractivity (Wildman–Crippen MR) is 76.4 cm³/mol. The average molecular weight is 343 g/mol. The van der Waals surface area contributed by atoms with E-state index in [-0.39, 0.29) is 5.82 Å². The third-order valence-electron chi connectivity index (χ3n) is 2.85. The van der Waals surface area contributed by atoms with Crippen molar-refractivity contribution in [2.75, 3.05) is 5.32 Å². The fraction of sp³-hybridized carbons (Fsp3) is 0.231. The Labute approximate surface area is 123 Å². The maximum atomic E-state index is 13.7. The molecule has 1 aliphatic carbocycles. The van der Waals surface area contributed by atoms with Crippen molar-refractivity contribution in [3.8, 4) is 0 Å². The molecule has 0 bridgehead atoms. The van der Waals surface area contributed by atoms with Gasteiger partial charge in [0.25, 0.3) is 0 Å². The summed E-state index contributed by atoms with van der Waals surface area (Å²) >= 11 is 9.20. The zero-order valence-corrected chi connectivity index (χ0v) is 12.2. The van der Waals surface area contributed by atoms with Crippen molar-refractivity contribution in [3.05, 3.63) is 45.5 Å². The molecule has 1 aliphatic rings. The Morgan fingerprint density at radius 1 is 1.26 bits per heavy atom. The lowest BCUT2D eigenvalue weighted by atomic mass is 10.3. The van der Waals surface area contributed by atoms with Crippen LogP contribution >= 0.6 is 27.5 Å². The summed E-state index contributed by atoms with van der Waals surface area (Å²) < 4.78 is 14.3. The van der Waals surface area contributed by atoms with Crippen LogP contribution in [0, 0.1) is 5.82 Å². The summed E-state index contributed by atoms with van der Waals surface area (Å²) in [5.74, 6) is 1.42. The molecule has 0 radical (unpaired) electrons. The van der Waals surface area contributed by atoms with Gasteiger partial charge in [-0.1, -0.05) is 11.6 Å². The lowest BCUT2D eigenvalue weighted by Gasteiger charge is -2.09. The van der Waals surface area contributed by atoms with E-state index in [1.54, 1.807) is 6.07 Å². The number of rotatable bonds is 3. The van der Waals surface area contributed by atoms with Crippen molar-refractivity contribution in [2.24, 2.45) is 0 Å². The molecule has 1 fully saturated rings. The quantitative estimate of drug-likeness (QED) is 0.825. The lowest BCUT2D eigenvalue weighted by molar-refractivity contribution is 0.631. The monoisotopic (exact) mass is 341 g/mol. The first-order chi connectivity index (χ1) is 9.11. The third-order valence-corrected chi connectivity index (χ3v) is 3.49. The van der Waals surface area contributed by atoms with Gasteiger partial charge in [-0.2, -0.15) is 0 Å². The van der Waals surface area contributed by atoms with E-state index in [1.807, 2.05) is 0 Å². The number of nitrogens with zero attached hydrogens (tertiary/aromatic N) is 2. The van der Waals surface area contributed by atoms with Crippen LogP contribution in [0.5, 0.6) is 0 Å². The number of nitrogens with one attached hydrogen (secondary N) is 1. The molecule has 0 atom stereocenters. The largest absolute Gasteiger partial charge is 0.338 e. The minimum atomic E-state index is -0.368. The summed E-state index contributed by atoms with van der Waals surface area (Å²) in [6.07, 6.45) is 2.23. The van der Waals surface area contributed by atoms with Gasteiger partial charge in [-0.15, -0.1) is 0 Å². The molecule has 1 heterocycles. The Balaban J connectivity index is 1.92. The van der Waals surface area contributed by atoms with Crippen LogP contribution in [-0.2, 0) is 0 Å². The van der Waals surface area contributed by atoms with Crippen molar-refractivity contribution < 1.29 is 4.39 Å². The molecule has 0 spiro atoms. The number of halogens is 3. The first-order valence-electron chi connectivity index (χ1n) is 5.88. The van der Waals surface area contributed by atoms with Crippen LogP contribution in [0.4, 0.5) is 15.9 Å². The number of hydrogen-bond donors (Lipinski definition) is 1. The number of hydrogen-bond acceptors (Lipinski definition) is 3. The zero-order valence-electron chi connectivity index (χ0n) is 9.83. The molecule has 1 aromatic heterocycles. The molecule has 0 amide bonds. The Bertz CT molecular complexity index is 631. The van der Waals surface area contributed by atoms with Crippen LogP contribution in [0.1, 0.15) is 24.6 Å². The molecule has 1 N–H and O–H groups in total. The van der Waals surface area contributed by atoms with Gasteiger partial charge in [0.15, 0.2) is 0 Å². The highest BCUT2D eigenvalue weighted by Gasteiger charge is 2.27. The molecule has 3 nitrogen and oxygen atoms in total. The molecule has 0 saturated heterocycles. The molecule has 1 saturated carbocycles. The molecule has 98 valence electrons. The number of anilines is 2. The molecule has 6 heteroatoms. The van der Waals surface area contributed by atoms with Crippen LogP contribution in [-0.4, -0.2) is 9.97 Å². The molecule has 0 aliphatic heterocycles. The minimum Gasteiger partial charge on any atom is -0.338 e. The van der Waals surface area contributed by atoms with Crippen LogP contribution in [0.2, 0.25) is 5.02 Å². The number of benzene rings is 1. The van der Waals surface area contributed by atoms with E-state index in [2.05, 4.69) is 31.2 Å². The van der Waals surface area contributed by atoms with Crippen molar-refractivity contribution in [1.29, 1.82) is 0 Å². The second-order valence-electron chi connectivity index (χ2n) is 4.46. The Hall–Kier alpha value is -1.20. The lowest BCUT2D eigenvalue weighted by Crippen LogP contribution is -2.01. The Morgan fingerprint density at radius 2 is 2.05 bits per heavy atom. The highest BCUT2D eigenvalue weighted by molar-refractivity contribution is 9.10. The summed E-state index contributed by atoms with van der Waals surface area (Å²) in [5.41, 5.74) is 0.305. The van der Waals surface area contributed by atoms with Crippen molar-refractivity contribution in [3.63, 3.8) is 0 Å². The van der Waals surface area contributed by atoms with E-state index >= 15 is 0 Å². The van der Waals surface area contributed by atoms with Crippen molar-refractivity contribution in [2.45, 2.75) is 18.8 Å². The maximum Gasteiger partial charge on any atom is 0.146 e. The Morgan fingerprint density at radius 3 is 2.79 bits per heavy atom. The predicted octanol–water partition coefficient (Wildman–Crippen LogP) is 4.65. The molecule has 3 rings (SSSR count). The molecule has 2 aromatic rings. The fourth-order valence-electron chi connectivity index (χ4n) is 1.75. The highest BCUT2D eigenvalue weighted by Crippen LogP contribution is 2.39. The van der Waals surface area contributed by atoms with Gasteiger partial charge in [0.1, 0.15) is 22.1 Å². The van der Waals surface area contributed by atoms with Gasteiger partial charge >= 0.3 is 0 Å². The summed E-state index contributed by atoms with van der Waals surface area (Å²) in [6, 6.07) is 6.08. The van der Waals surface area contributed by atoms with Crippen molar-refractivity contribution in [1.82, 2.24) is 9.97 Å². The van der Waals surface area contributed by atoms with Gasteiger partial charge < -0.3 is 5.32 Å². The van der Waals surface area contributed by atoms with E-state index in [0.717, 1.165) is 18.7 Å². The van der Waals surface area contributed by atoms with E-state index in [1.165, 1.54) is 18.2 Å². The molecular formula is C13H10BrClFN3. The summed E-state index contributed by atoms with van der Waals surface area (Å²) in [7, 11) is 0. The summed E-state index contributed by atoms with van der Waals surface area (Å²) in [5, 5.41) is 3.41. The van der Waals surface area contributed by atoms with Gasteiger partial charge in [0.2, 0.25) is 0 Å². The van der Waals surface area contributed by atoms with Gasteiger partial charge in [-0.3, -0.25) is 0 Å². The first-order valence-corrected chi connectivity index (χ1v) is 7.05. The second-order valence-corrected chi connectivity index (χ2v) is 5.71. The first kappa shape index (κ1) is 12.8. The number of aromatic nitrogens is 2. The van der Waals surface area contributed by atoms with Crippen LogP contribution < -0.4 is 5.32 Å². The normalized spacial score (nSPS) is 14.5. The second kappa shape index (κ2) is 5.06. The smallest absolute Gasteiger partial charge is 0.146 e. The summed E-state index contributed by atoms with van der Waals surface area (Å²) in [4.78, 5) is 8.72. The van der Waals surface area contributed by atoms with Crippen LogP contribution in [0.25, 0.3) is 0 Å². The highest BCUT2D eigenvalue weighted by atomic mass is 79.9. The van der Waals surface area contributed by atoms with E-state index < -0.39 is 0 Å². The third kappa shape index (κ3) is 3.04. The standard InChI is InChI=1S/C13H10BrClFN3/c14-11-6-12(19-13(18-11)7-1-2-7)17-10-5-8(15)3-4-9(10)16/h3-7H,1-2H2,(H,17,18,19). The average Bonchev–Trinajstić information content (AvgIpc) is 3.17. The minimum absolute atomic E-state index is 0.305. The van der Waals surface area contributed by atoms with Crippen LogP contribution in [0.3, 0.4) is 0 Å². The molecule has 1 aromatic carbocycles. The molecular weight excluding hydrogens is 333 g/mol. The van der Waals surface area contributed by atoms with Crippen LogP contribution in [0.15, 0.2) is 28.9 Å². The zero-order chi connectivity index (χ0) is 13.4. The van der Waals surface area contributed by atoms with Gasteiger partial charge in [-0.05, 0) is 47.0 Å². The van der Waals surface area contributed by atoms with Gasteiger partial charge in [-0.25, -0.2) is 14.4 Å². The van der Waals surface area contributed by atoms with Gasteiger partial charge in [0, 0.05) is 17.0 Å². The molecule has 0 unspecified atom stereocenters. The Kier molecular flexibility index (Phi) is 3.41. The SMILES string of the molecule is Fc1ccc(Cl)cc1Nc1cc(Br)nc(C2CC2)n1. The topological polar surface area (TPSA) is 37.8 Å². The fourth-order valence-corrected chi connectivity index (χ4v) is 2.33. The summed E-state index contributed by atoms with van der Waals surface area (Å²) in [6.45, 7) is 0. The van der Waals surface area contributed by atoms with E-state index in [0.29, 0.717) is 27.0 Å². The van der Waals surface area contributed by atoms with Gasteiger partial charge in [0.05, 0.1) is 5.69 Å².